The van der Waals surface area contributed by atoms with E-state index in [-0.39, 0.29) is 18.0 Å². The van der Waals surface area contributed by atoms with Gasteiger partial charge < -0.3 is 25.2 Å². The summed E-state index contributed by atoms with van der Waals surface area (Å²) in [6, 6.07) is -0.334. The normalized spacial score (nSPS) is 33.0. The lowest BCUT2D eigenvalue weighted by Gasteiger charge is -2.26. The molecule has 20 heavy (non-hydrogen) atoms. The van der Waals surface area contributed by atoms with Crippen molar-refractivity contribution in [3.8, 4) is 0 Å². The molecule has 2 amide bonds. The van der Waals surface area contributed by atoms with E-state index in [1.165, 1.54) is 0 Å². The molecule has 0 aromatic heterocycles. The Morgan fingerprint density at radius 2 is 2.25 bits per heavy atom. The molecule has 1 aliphatic heterocycles. The van der Waals surface area contributed by atoms with Gasteiger partial charge in [0, 0.05) is 26.2 Å². The van der Waals surface area contributed by atoms with Gasteiger partial charge in [0.2, 0.25) is 0 Å². The molecule has 0 aromatic rings. The zero-order chi connectivity index (χ0) is 14.6. The van der Waals surface area contributed by atoms with Gasteiger partial charge in [0.25, 0.3) is 0 Å². The van der Waals surface area contributed by atoms with Crippen molar-refractivity contribution in [1.29, 1.82) is 0 Å². The summed E-state index contributed by atoms with van der Waals surface area (Å²) in [5.74, 6) is -1.12. The van der Waals surface area contributed by atoms with Gasteiger partial charge in [0.05, 0.1) is 19.1 Å². The number of ether oxygens (including phenoxy) is 2. The molecule has 2 aliphatic rings. The lowest BCUT2D eigenvalue weighted by molar-refractivity contribution is -0.141. The van der Waals surface area contributed by atoms with Gasteiger partial charge in [-0.05, 0) is 19.3 Å². The first-order valence-corrected chi connectivity index (χ1v) is 6.95. The number of rotatable bonds is 5. The molecule has 0 radical (unpaired) electrons. The van der Waals surface area contributed by atoms with Crippen LogP contribution in [0.2, 0.25) is 0 Å². The third kappa shape index (κ3) is 3.61. The summed E-state index contributed by atoms with van der Waals surface area (Å²) >= 11 is 0. The average molecular weight is 286 g/mol. The topological polar surface area (TPSA) is 96.9 Å². The maximum absolute atomic E-state index is 11.8. The van der Waals surface area contributed by atoms with E-state index in [4.69, 9.17) is 14.6 Å². The second-order valence-corrected chi connectivity index (χ2v) is 5.56. The van der Waals surface area contributed by atoms with Crippen LogP contribution in [0.4, 0.5) is 4.79 Å². The van der Waals surface area contributed by atoms with Crippen LogP contribution in [-0.4, -0.2) is 55.6 Å². The van der Waals surface area contributed by atoms with Gasteiger partial charge >= 0.3 is 12.0 Å². The van der Waals surface area contributed by atoms with Crippen LogP contribution in [0.3, 0.4) is 0 Å². The van der Waals surface area contributed by atoms with E-state index in [1.807, 2.05) is 0 Å². The summed E-state index contributed by atoms with van der Waals surface area (Å²) in [6.45, 7) is 1.51. The van der Waals surface area contributed by atoms with E-state index in [0.717, 1.165) is 6.42 Å². The minimum absolute atomic E-state index is 0.0607. The molecule has 0 spiro atoms. The minimum Gasteiger partial charge on any atom is -0.481 e. The highest BCUT2D eigenvalue weighted by molar-refractivity contribution is 5.75. The summed E-state index contributed by atoms with van der Waals surface area (Å²) in [5.41, 5.74) is -0.434. The lowest BCUT2D eigenvalue weighted by Crippen LogP contribution is -2.49. The Bertz CT molecular complexity index is 368. The first kappa shape index (κ1) is 15.1. The second kappa shape index (κ2) is 6.41. The van der Waals surface area contributed by atoms with Crippen molar-refractivity contribution in [3.05, 3.63) is 0 Å². The van der Waals surface area contributed by atoms with Crippen molar-refractivity contribution < 1.29 is 24.2 Å². The Morgan fingerprint density at radius 1 is 1.45 bits per heavy atom. The highest BCUT2D eigenvalue weighted by Gasteiger charge is 2.36. The SMILES string of the molecule is COC1(CNC(=O)NC2CCC(C(=O)O)C2)CCOC1. The summed E-state index contributed by atoms with van der Waals surface area (Å²) in [6.07, 6.45) is 2.59. The van der Waals surface area contributed by atoms with E-state index < -0.39 is 11.6 Å². The molecule has 1 aliphatic carbocycles. The predicted molar refractivity (Wildman–Crippen MR) is 70.5 cm³/mol. The van der Waals surface area contributed by atoms with Crippen LogP contribution in [0.1, 0.15) is 25.7 Å². The maximum Gasteiger partial charge on any atom is 0.315 e. The first-order valence-electron chi connectivity index (χ1n) is 6.95. The molecule has 1 saturated carbocycles. The van der Waals surface area contributed by atoms with E-state index in [2.05, 4.69) is 10.6 Å². The molecule has 2 fully saturated rings. The molecule has 3 atom stereocenters. The fraction of sp³-hybridized carbons (Fsp3) is 0.846. The van der Waals surface area contributed by atoms with E-state index in [9.17, 15) is 9.59 Å². The van der Waals surface area contributed by atoms with Crippen molar-refractivity contribution in [2.45, 2.75) is 37.3 Å². The third-order valence-corrected chi connectivity index (χ3v) is 4.19. The van der Waals surface area contributed by atoms with Gasteiger partial charge in [0.1, 0.15) is 5.60 Å². The smallest absolute Gasteiger partial charge is 0.315 e. The number of carboxylic acids is 1. The number of carboxylic acid groups (broad SMARTS) is 1. The third-order valence-electron chi connectivity index (χ3n) is 4.19. The Morgan fingerprint density at radius 3 is 2.80 bits per heavy atom. The number of urea groups is 1. The molecule has 1 saturated heterocycles. The Kier molecular flexibility index (Phi) is 4.82. The summed E-state index contributed by atoms with van der Waals surface area (Å²) in [5, 5.41) is 14.5. The van der Waals surface area contributed by atoms with Crippen LogP contribution in [-0.2, 0) is 14.3 Å². The van der Waals surface area contributed by atoms with Crippen LogP contribution in [0.25, 0.3) is 0 Å². The first-order chi connectivity index (χ1) is 9.54. The predicted octanol–water partition coefficient (Wildman–Crippen LogP) is 0.344. The number of carbonyl (C=O) groups is 2. The fourth-order valence-electron chi connectivity index (χ4n) is 2.78. The summed E-state index contributed by atoms with van der Waals surface area (Å²) in [4.78, 5) is 22.7. The zero-order valence-electron chi connectivity index (χ0n) is 11.7. The lowest BCUT2D eigenvalue weighted by atomic mass is 10.0. The molecule has 114 valence electrons. The average Bonchev–Trinajstić information content (AvgIpc) is 3.06. The molecular formula is C13H22N2O5. The number of aliphatic carboxylic acids is 1. The number of hydrogen-bond acceptors (Lipinski definition) is 4. The van der Waals surface area contributed by atoms with E-state index in [0.29, 0.717) is 39.0 Å². The van der Waals surface area contributed by atoms with E-state index in [1.54, 1.807) is 7.11 Å². The highest BCUT2D eigenvalue weighted by atomic mass is 16.5. The molecule has 7 heteroatoms. The molecule has 3 unspecified atom stereocenters. The fourth-order valence-corrected chi connectivity index (χ4v) is 2.78. The van der Waals surface area contributed by atoms with Gasteiger partial charge in [-0.15, -0.1) is 0 Å². The largest absolute Gasteiger partial charge is 0.481 e. The van der Waals surface area contributed by atoms with E-state index >= 15 is 0 Å². The van der Waals surface area contributed by atoms with Crippen molar-refractivity contribution in [2.75, 3.05) is 26.9 Å². The van der Waals surface area contributed by atoms with Crippen molar-refractivity contribution >= 4 is 12.0 Å². The standard InChI is InChI=1S/C13H22N2O5/c1-19-13(4-5-20-8-13)7-14-12(18)15-10-3-2-9(6-10)11(16)17/h9-10H,2-8H2,1H3,(H,16,17)(H2,14,15,18). The van der Waals surface area contributed by atoms with Crippen LogP contribution in [0.15, 0.2) is 0 Å². The molecule has 3 N–H and O–H groups in total. The number of hydrogen-bond donors (Lipinski definition) is 3. The number of carbonyl (C=O) groups excluding carboxylic acids is 1. The number of nitrogens with one attached hydrogen (secondary N) is 2. The van der Waals surface area contributed by atoms with Gasteiger partial charge in [0.15, 0.2) is 0 Å². The molecule has 0 aromatic carbocycles. The monoisotopic (exact) mass is 286 g/mol. The Hall–Kier alpha value is -1.34. The molecule has 2 rings (SSSR count). The Balaban J connectivity index is 1.72. The van der Waals surface area contributed by atoms with Crippen LogP contribution in [0.5, 0.6) is 0 Å². The van der Waals surface area contributed by atoms with Crippen molar-refractivity contribution in [1.82, 2.24) is 10.6 Å². The van der Waals surface area contributed by atoms with Crippen molar-refractivity contribution in [3.63, 3.8) is 0 Å². The quantitative estimate of drug-likeness (QED) is 0.677. The van der Waals surface area contributed by atoms with Crippen molar-refractivity contribution in [2.24, 2.45) is 5.92 Å². The number of methoxy groups -OCH3 is 1. The molecule has 7 nitrogen and oxygen atoms in total. The molecular weight excluding hydrogens is 264 g/mol. The molecule has 1 heterocycles. The van der Waals surface area contributed by atoms with Gasteiger partial charge in [-0.1, -0.05) is 0 Å². The minimum atomic E-state index is -0.781. The van der Waals surface area contributed by atoms with Crippen LogP contribution >= 0.6 is 0 Å². The Labute approximate surface area is 118 Å². The van der Waals surface area contributed by atoms with Crippen LogP contribution in [0, 0.1) is 5.92 Å². The summed E-state index contributed by atoms with van der Waals surface area (Å²) in [7, 11) is 1.61. The number of amides is 2. The van der Waals surface area contributed by atoms with Gasteiger partial charge in [-0.3, -0.25) is 4.79 Å². The maximum atomic E-state index is 11.8. The summed E-state index contributed by atoms with van der Waals surface area (Å²) < 4.78 is 10.7. The highest BCUT2D eigenvalue weighted by Crippen LogP contribution is 2.25. The zero-order valence-corrected chi connectivity index (χ0v) is 11.7. The molecule has 0 bridgehead atoms. The van der Waals surface area contributed by atoms with Gasteiger partial charge in [-0.2, -0.15) is 0 Å². The van der Waals surface area contributed by atoms with Crippen LogP contribution < -0.4 is 10.6 Å². The van der Waals surface area contributed by atoms with Gasteiger partial charge in [-0.25, -0.2) is 4.79 Å². The second-order valence-electron chi connectivity index (χ2n) is 5.56.